The van der Waals surface area contributed by atoms with E-state index in [0.717, 1.165) is 0 Å². The van der Waals surface area contributed by atoms with Crippen molar-refractivity contribution in [3.05, 3.63) is 52.6 Å². The molecule has 2 aromatic rings. The highest BCUT2D eigenvalue weighted by Gasteiger charge is 2.21. The minimum absolute atomic E-state index is 0.0601. The Bertz CT molecular complexity index is 870. The van der Waals surface area contributed by atoms with Gasteiger partial charge in [-0.15, -0.1) is 0 Å². The van der Waals surface area contributed by atoms with Gasteiger partial charge in [0.15, 0.2) is 6.61 Å². The van der Waals surface area contributed by atoms with Gasteiger partial charge in [-0.2, -0.15) is 10.2 Å². The zero-order valence-corrected chi connectivity index (χ0v) is 15.8. The number of hydrazone groups is 1. The maximum absolute atomic E-state index is 11.8. The van der Waals surface area contributed by atoms with Gasteiger partial charge in [-0.1, -0.05) is 38.1 Å². The Morgan fingerprint density at radius 1 is 1.43 bits per heavy atom. The minimum atomic E-state index is -0.514. The fraction of sp³-hybridized carbons (Fsp3) is 0.353. The molecule has 0 unspecified atom stereocenters. The van der Waals surface area contributed by atoms with Crippen molar-refractivity contribution in [2.24, 2.45) is 15.7 Å². The molecular weight excluding hydrogens is 366 g/mol. The first-order valence-electron chi connectivity index (χ1n) is 8.34. The van der Waals surface area contributed by atoms with Gasteiger partial charge in [0.2, 0.25) is 0 Å². The zero-order chi connectivity index (χ0) is 20.6. The second-order valence-corrected chi connectivity index (χ2v) is 6.80. The summed E-state index contributed by atoms with van der Waals surface area (Å²) in [6.07, 6.45) is 4.30. The molecule has 0 saturated heterocycles. The van der Waals surface area contributed by atoms with Crippen molar-refractivity contribution in [3.8, 4) is 0 Å². The van der Waals surface area contributed by atoms with Crippen LogP contribution in [0.2, 0.25) is 0 Å². The van der Waals surface area contributed by atoms with Crippen LogP contribution in [0.4, 0.5) is 5.69 Å². The molecule has 1 aromatic carbocycles. The van der Waals surface area contributed by atoms with Gasteiger partial charge < -0.3 is 4.84 Å². The summed E-state index contributed by atoms with van der Waals surface area (Å²) in [7, 11) is 0. The standard InChI is InChI=1S/C17H21N7O4/c1-17(2,3)15(9-23-12-18-11-20-23)22-28-10-16(25)21-19-8-13-5-4-6-14(7-13)24(26)27/h4-8,11-12H,9-10H2,1-3H3,(H,21,25)/b19-8+,22-15+. The van der Waals surface area contributed by atoms with Crippen LogP contribution in [0.5, 0.6) is 0 Å². The summed E-state index contributed by atoms with van der Waals surface area (Å²) in [5, 5.41) is 22.6. The molecule has 28 heavy (non-hydrogen) atoms. The fourth-order valence-corrected chi connectivity index (χ4v) is 1.97. The maximum atomic E-state index is 11.8. The molecule has 0 aliphatic rings. The number of hydrogen-bond acceptors (Lipinski definition) is 8. The van der Waals surface area contributed by atoms with Gasteiger partial charge in [-0.3, -0.25) is 14.9 Å². The first kappa shape index (κ1) is 20.7. The van der Waals surface area contributed by atoms with Crippen LogP contribution in [-0.4, -0.2) is 44.1 Å². The van der Waals surface area contributed by atoms with Gasteiger partial charge in [0, 0.05) is 23.1 Å². The van der Waals surface area contributed by atoms with Crippen LogP contribution in [0.25, 0.3) is 0 Å². The maximum Gasteiger partial charge on any atom is 0.280 e. The summed E-state index contributed by atoms with van der Waals surface area (Å²) in [4.78, 5) is 31.0. The third-order valence-corrected chi connectivity index (χ3v) is 3.50. The highest BCUT2D eigenvalue weighted by atomic mass is 16.6. The van der Waals surface area contributed by atoms with Gasteiger partial charge >= 0.3 is 0 Å². The second-order valence-electron chi connectivity index (χ2n) is 6.80. The van der Waals surface area contributed by atoms with Crippen LogP contribution in [0.1, 0.15) is 26.3 Å². The van der Waals surface area contributed by atoms with E-state index in [1.165, 1.54) is 30.7 Å². The van der Waals surface area contributed by atoms with Crippen molar-refractivity contribution < 1.29 is 14.6 Å². The number of non-ortho nitro benzene ring substituents is 1. The normalized spacial score (nSPS) is 12.2. The number of benzene rings is 1. The largest absolute Gasteiger partial charge is 0.386 e. The Morgan fingerprint density at radius 3 is 2.86 bits per heavy atom. The molecule has 1 N–H and O–H groups in total. The molecule has 0 bridgehead atoms. The number of hydrogen-bond donors (Lipinski definition) is 1. The molecule has 1 heterocycles. The van der Waals surface area contributed by atoms with Crippen LogP contribution in [-0.2, 0) is 16.2 Å². The average molecular weight is 387 g/mol. The molecular formula is C17H21N7O4. The Hall–Kier alpha value is -3.63. The lowest BCUT2D eigenvalue weighted by molar-refractivity contribution is -0.384. The summed E-state index contributed by atoms with van der Waals surface area (Å²) in [5.41, 5.74) is 3.10. The van der Waals surface area contributed by atoms with Crippen LogP contribution >= 0.6 is 0 Å². The summed E-state index contributed by atoms with van der Waals surface area (Å²) in [6.45, 7) is 5.96. The number of carbonyl (C=O) groups excluding carboxylic acids is 1. The molecule has 11 nitrogen and oxygen atoms in total. The highest BCUT2D eigenvalue weighted by molar-refractivity contribution is 5.88. The molecule has 11 heteroatoms. The number of nitro groups is 1. The first-order chi connectivity index (χ1) is 13.3. The van der Waals surface area contributed by atoms with E-state index < -0.39 is 10.8 Å². The Balaban J connectivity index is 1.87. The SMILES string of the molecule is CC(C)(C)/C(Cn1cncn1)=N/OCC(=O)N/N=C/c1cccc([N+](=O)[O-])c1. The van der Waals surface area contributed by atoms with Crippen molar-refractivity contribution in [3.63, 3.8) is 0 Å². The lowest BCUT2D eigenvalue weighted by atomic mass is 9.90. The summed E-state index contributed by atoms with van der Waals surface area (Å²) >= 11 is 0. The quantitative estimate of drug-likeness (QED) is 0.416. The molecule has 2 rings (SSSR count). The molecule has 148 valence electrons. The van der Waals surface area contributed by atoms with E-state index in [4.69, 9.17) is 4.84 Å². The van der Waals surface area contributed by atoms with Crippen LogP contribution in [0, 0.1) is 15.5 Å². The summed E-state index contributed by atoms with van der Waals surface area (Å²) in [5.74, 6) is -0.514. The van der Waals surface area contributed by atoms with E-state index in [0.29, 0.717) is 17.8 Å². The summed E-state index contributed by atoms with van der Waals surface area (Å²) < 4.78 is 1.61. The van der Waals surface area contributed by atoms with Gasteiger partial charge in [0.25, 0.3) is 11.6 Å². The molecule has 0 fully saturated rings. The van der Waals surface area contributed by atoms with Crippen molar-refractivity contribution >= 4 is 23.5 Å². The zero-order valence-electron chi connectivity index (χ0n) is 15.8. The van der Waals surface area contributed by atoms with Gasteiger partial charge in [0.1, 0.15) is 12.7 Å². The van der Waals surface area contributed by atoms with Crippen molar-refractivity contribution in [1.29, 1.82) is 0 Å². The van der Waals surface area contributed by atoms with Gasteiger partial charge in [-0.05, 0) is 0 Å². The predicted molar refractivity (Wildman–Crippen MR) is 102 cm³/mol. The van der Waals surface area contributed by atoms with E-state index in [2.05, 4.69) is 25.8 Å². The fourth-order valence-electron chi connectivity index (χ4n) is 1.97. The number of aromatic nitrogens is 3. The van der Waals surface area contributed by atoms with Crippen LogP contribution < -0.4 is 5.43 Å². The third-order valence-electron chi connectivity index (χ3n) is 3.50. The van der Waals surface area contributed by atoms with Crippen molar-refractivity contribution in [2.45, 2.75) is 27.3 Å². The molecule has 0 aliphatic carbocycles. The monoisotopic (exact) mass is 387 g/mol. The molecule has 0 radical (unpaired) electrons. The first-order valence-corrected chi connectivity index (χ1v) is 8.34. The molecule has 0 spiro atoms. The molecule has 0 saturated carbocycles. The number of oxime groups is 1. The Morgan fingerprint density at radius 2 is 2.21 bits per heavy atom. The number of nitrogens with one attached hydrogen (secondary N) is 1. The predicted octanol–water partition coefficient (Wildman–Crippen LogP) is 1.76. The lowest BCUT2D eigenvalue weighted by Crippen LogP contribution is -2.27. The number of nitro benzene ring substituents is 1. The minimum Gasteiger partial charge on any atom is -0.386 e. The number of nitrogens with zero attached hydrogens (tertiary/aromatic N) is 6. The smallest absolute Gasteiger partial charge is 0.280 e. The highest BCUT2D eigenvalue weighted by Crippen LogP contribution is 2.17. The molecule has 0 atom stereocenters. The van der Waals surface area contributed by atoms with E-state index >= 15 is 0 Å². The van der Waals surface area contributed by atoms with Crippen molar-refractivity contribution in [2.75, 3.05) is 6.61 Å². The lowest BCUT2D eigenvalue weighted by Gasteiger charge is -2.20. The number of carbonyl (C=O) groups is 1. The van der Waals surface area contributed by atoms with Crippen LogP contribution in [0.15, 0.2) is 47.2 Å². The Kier molecular flexibility index (Phi) is 6.90. The van der Waals surface area contributed by atoms with E-state index in [1.54, 1.807) is 17.1 Å². The van der Waals surface area contributed by atoms with E-state index in [-0.39, 0.29) is 17.7 Å². The third kappa shape index (κ3) is 6.59. The van der Waals surface area contributed by atoms with E-state index in [9.17, 15) is 14.9 Å². The second kappa shape index (κ2) is 9.35. The summed E-state index contributed by atoms with van der Waals surface area (Å²) in [6, 6.07) is 5.87. The van der Waals surface area contributed by atoms with Gasteiger partial charge in [-0.25, -0.2) is 15.1 Å². The van der Waals surface area contributed by atoms with Crippen LogP contribution in [0.3, 0.4) is 0 Å². The number of rotatable bonds is 8. The van der Waals surface area contributed by atoms with E-state index in [1.807, 2.05) is 20.8 Å². The average Bonchev–Trinajstić information content (AvgIpc) is 3.13. The molecule has 0 aliphatic heterocycles. The van der Waals surface area contributed by atoms with Crippen molar-refractivity contribution in [1.82, 2.24) is 20.2 Å². The number of amides is 1. The topological polar surface area (TPSA) is 137 Å². The van der Waals surface area contributed by atoms with Gasteiger partial charge in [0.05, 0.1) is 23.4 Å². The molecule has 1 aromatic heterocycles. The molecule has 1 amide bonds. The Labute approximate surface area is 161 Å².